The van der Waals surface area contributed by atoms with Gasteiger partial charge in [-0.2, -0.15) is 0 Å². The summed E-state index contributed by atoms with van der Waals surface area (Å²) in [6.07, 6.45) is 7.87. The quantitative estimate of drug-likeness (QED) is 0.562. The number of hydrogen-bond acceptors (Lipinski definition) is 3. The zero-order valence-corrected chi connectivity index (χ0v) is 18.7. The Bertz CT molecular complexity index is 999. The maximum Gasteiger partial charge on any atom is 0.170 e. The van der Waals surface area contributed by atoms with Crippen LogP contribution in [0.15, 0.2) is 55.0 Å². The summed E-state index contributed by atoms with van der Waals surface area (Å²) in [6, 6.07) is 12.7. The van der Waals surface area contributed by atoms with Crippen LogP contribution in [0.4, 0.5) is 0 Å². The highest BCUT2D eigenvalue weighted by Gasteiger charge is 2.40. The molecular weight excluding hydrogens is 390 g/mol. The largest absolute Gasteiger partial charge is 0.352 e. The minimum Gasteiger partial charge on any atom is -0.352 e. The highest BCUT2D eigenvalue weighted by molar-refractivity contribution is 7.80. The fraction of sp³-hybridized carbons (Fsp3) is 0.375. The number of pyridine rings is 2. The third-order valence-corrected chi connectivity index (χ3v) is 6.30. The average molecular weight is 420 g/mol. The molecule has 0 saturated carbocycles. The number of thiocarbonyl (C=S) groups is 1. The molecule has 1 N–H and O–H groups in total. The lowest BCUT2D eigenvalue weighted by Gasteiger charge is -2.28. The molecule has 0 aliphatic carbocycles. The summed E-state index contributed by atoms with van der Waals surface area (Å²) in [7, 11) is 0. The van der Waals surface area contributed by atoms with Crippen LogP contribution in [0.2, 0.25) is 0 Å². The zero-order valence-electron chi connectivity index (χ0n) is 17.9. The molecule has 1 aliphatic rings. The maximum atomic E-state index is 5.77. The lowest BCUT2D eigenvalue weighted by Crippen LogP contribution is -2.30. The van der Waals surface area contributed by atoms with Gasteiger partial charge in [-0.15, -0.1) is 0 Å². The molecule has 4 heterocycles. The lowest BCUT2D eigenvalue weighted by atomic mass is 9.96. The van der Waals surface area contributed by atoms with E-state index in [-0.39, 0.29) is 12.1 Å². The molecule has 1 aliphatic heterocycles. The van der Waals surface area contributed by atoms with Crippen LogP contribution in [0.25, 0.3) is 0 Å². The number of hydrogen-bond donors (Lipinski definition) is 1. The van der Waals surface area contributed by atoms with E-state index in [0.717, 1.165) is 36.7 Å². The van der Waals surface area contributed by atoms with Crippen molar-refractivity contribution in [2.24, 2.45) is 0 Å². The van der Waals surface area contributed by atoms with Crippen LogP contribution in [-0.4, -0.2) is 31.1 Å². The van der Waals surface area contributed by atoms with Crippen LogP contribution in [-0.2, 0) is 6.54 Å². The smallest absolute Gasteiger partial charge is 0.170 e. The van der Waals surface area contributed by atoms with Gasteiger partial charge in [0.15, 0.2) is 5.11 Å². The Morgan fingerprint density at radius 3 is 2.70 bits per heavy atom. The maximum absolute atomic E-state index is 5.77. The second kappa shape index (κ2) is 8.96. The number of aryl methyl sites for hydroxylation is 1. The number of rotatable bonds is 7. The van der Waals surface area contributed by atoms with Gasteiger partial charge in [0.25, 0.3) is 0 Å². The Balaban J connectivity index is 1.74. The van der Waals surface area contributed by atoms with Gasteiger partial charge in [0.1, 0.15) is 0 Å². The van der Waals surface area contributed by atoms with E-state index in [1.54, 1.807) is 0 Å². The number of unbranched alkanes of at least 4 members (excludes halogenated alkanes) is 1. The van der Waals surface area contributed by atoms with Crippen LogP contribution in [0, 0.1) is 13.8 Å². The minimum atomic E-state index is 0.0444. The Labute approximate surface area is 184 Å². The van der Waals surface area contributed by atoms with Gasteiger partial charge < -0.3 is 14.8 Å². The van der Waals surface area contributed by atoms with Crippen molar-refractivity contribution in [3.63, 3.8) is 0 Å². The van der Waals surface area contributed by atoms with Crippen LogP contribution in [0.5, 0.6) is 0 Å². The third-order valence-electron chi connectivity index (χ3n) is 5.95. The van der Waals surface area contributed by atoms with E-state index in [9.17, 15) is 0 Å². The van der Waals surface area contributed by atoms with Crippen molar-refractivity contribution in [2.45, 2.75) is 52.2 Å². The van der Waals surface area contributed by atoms with Gasteiger partial charge in [-0.05, 0) is 67.9 Å². The van der Waals surface area contributed by atoms with E-state index in [4.69, 9.17) is 12.2 Å². The minimum absolute atomic E-state index is 0.0444. The Morgan fingerprint density at radius 1 is 1.13 bits per heavy atom. The highest BCUT2D eigenvalue weighted by Crippen LogP contribution is 2.41. The molecule has 0 aromatic carbocycles. The van der Waals surface area contributed by atoms with Crippen molar-refractivity contribution in [1.29, 1.82) is 0 Å². The number of aromatic nitrogens is 3. The molecule has 1 saturated heterocycles. The molecule has 0 bridgehead atoms. The second-order valence-corrected chi connectivity index (χ2v) is 8.33. The zero-order chi connectivity index (χ0) is 21.1. The lowest BCUT2D eigenvalue weighted by molar-refractivity contribution is 0.311. The van der Waals surface area contributed by atoms with Crippen LogP contribution >= 0.6 is 12.2 Å². The van der Waals surface area contributed by atoms with Crippen molar-refractivity contribution >= 4 is 17.3 Å². The molecule has 0 unspecified atom stereocenters. The highest BCUT2D eigenvalue weighted by atomic mass is 32.1. The summed E-state index contributed by atoms with van der Waals surface area (Å²) >= 11 is 5.77. The SMILES string of the molecule is CCCCN1C(=S)N[C@@H](c2ccccn2)[C@@H]1c1cc(C)n(Cc2cccnc2)c1C. The topological polar surface area (TPSA) is 46.0 Å². The predicted molar refractivity (Wildman–Crippen MR) is 124 cm³/mol. The summed E-state index contributed by atoms with van der Waals surface area (Å²) in [5, 5.41) is 4.38. The first kappa shape index (κ1) is 20.5. The van der Waals surface area contributed by atoms with Crippen molar-refractivity contribution in [3.8, 4) is 0 Å². The molecule has 3 aromatic heterocycles. The van der Waals surface area contributed by atoms with Crippen LogP contribution in [0.1, 0.15) is 60.1 Å². The molecule has 0 radical (unpaired) electrons. The molecule has 3 aromatic rings. The first-order valence-electron chi connectivity index (χ1n) is 10.6. The summed E-state index contributed by atoms with van der Waals surface area (Å²) in [6.45, 7) is 8.38. The van der Waals surface area contributed by atoms with Gasteiger partial charge in [-0.1, -0.05) is 25.5 Å². The molecule has 30 heavy (non-hydrogen) atoms. The van der Waals surface area contributed by atoms with E-state index in [1.807, 2.05) is 36.8 Å². The van der Waals surface area contributed by atoms with Crippen molar-refractivity contribution in [2.75, 3.05) is 6.54 Å². The molecule has 1 fully saturated rings. The number of nitrogens with zero attached hydrogens (tertiary/aromatic N) is 4. The molecule has 5 nitrogen and oxygen atoms in total. The van der Waals surface area contributed by atoms with E-state index in [1.165, 1.54) is 22.5 Å². The van der Waals surface area contributed by atoms with Gasteiger partial charge in [0.05, 0.1) is 17.8 Å². The predicted octanol–water partition coefficient (Wildman–Crippen LogP) is 4.72. The van der Waals surface area contributed by atoms with Gasteiger partial charge in [-0.25, -0.2) is 0 Å². The molecule has 156 valence electrons. The summed E-state index contributed by atoms with van der Waals surface area (Å²) in [4.78, 5) is 11.3. The van der Waals surface area contributed by atoms with Gasteiger partial charge >= 0.3 is 0 Å². The Morgan fingerprint density at radius 2 is 2.00 bits per heavy atom. The fourth-order valence-electron chi connectivity index (χ4n) is 4.36. The number of nitrogens with one attached hydrogen (secondary N) is 1. The summed E-state index contributed by atoms with van der Waals surface area (Å²) in [5.74, 6) is 0. The van der Waals surface area contributed by atoms with Gasteiger partial charge in [0, 0.05) is 43.1 Å². The molecular formula is C24H29N5S. The van der Waals surface area contributed by atoms with E-state index >= 15 is 0 Å². The molecule has 4 rings (SSSR count). The molecule has 6 heteroatoms. The average Bonchev–Trinajstić information content (AvgIpc) is 3.24. The summed E-state index contributed by atoms with van der Waals surface area (Å²) in [5.41, 5.74) is 6.07. The fourth-order valence-corrected chi connectivity index (χ4v) is 4.69. The first-order chi connectivity index (χ1) is 14.6. The first-order valence-corrected chi connectivity index (χ1v) is 11.0. The molecule has 0 spiro atoms. The van der Waals surface area contributed by atoms with E-state index < -0.39 is 0 Å². The standard InChI is InChI=1S/C24H29N5S/c1-4-5-13-28-23(22(27-24(28)30)21-10-6-7-12-26-21)20-14-17(2)29(18(20)3)16-19-9-8-11-25-15-19/h6-12,14-15,22-23H,4-5,13,16H2,1-3H3,(H,27,30)/t22-,23-/m0/s1. The van der Waals surface area contributed by atoms with Crippen molar-refractivity contribution < 1.29 is 0 Å². The second-order valence-electron chi connectivity index (χ2n) is 7.95. The normalized spacial score (nSPS) is 18.6. The van der Waals surface area contributed by atoms with Crippen LogP contribution in [0.3, 0.4) is 0 Å². The van der Waals surface area contributed by atoms with E-state index in [2.05, 4.69) is 63.7 Å². The Hall–Kier alpha value is -2.73. The van der Waals surface area contributed by atoms with E-state index in [0.29, 0.717) is 0 Å². The summed E-state index contributed by atoms with van der Waals surface area (Å²) < 4.78 is 2.38. The van der Waals surface area contributed by atoms with Gasteiger partial charge in [-0.3, -0.25) is 9.97 Å². The molecule has 0 amide bonds. The monoisotopic (exact) mass is 419 g/mol. The Kier molecular flexibility index (Phi) is 6.13. The van der Waals surface area contributed by atoms with Gasteiger partial charge in [0.2, 0.25) is 0 Å². The van der Waals surface area contributed by atoms with Crippen molar-refractivity contribution in [1.82, 2.24) is 24.8 Å². The third kappa shape index (κ3) is 3.97. The van der Waals surface area contributed by atoms with Crippen molar-refractivity contribution in [3.05, 3.63) is 83.2 Å². The van der Waals surface area contributed by atoms with Crippen LogP contribution < -0.4 is 5.32 Å². The molecule has 2 atom stereocenters.